The lowest BCUT2D eigenvalue weighted by atomic mass is 9.93. The minimum absolute atomic E-state index is 0.0805. The summed E-state index contributed by atoms with van der Waals surface area (Å²) in [6.07, 6.45) is 15.6. The molecule has 1 aromatic heterocycles. The first-order valence-corrected chi connectivity index (χ1v) is 13.7. The van der Waals surface area contributed by atoms with E-state index < -0.39 is 0 Å². The van der Waals surface area contributed by atoms with E-state index in [0.717, 1.165) is 35.4 Å². The van der Waals surface area contributed by atoms with Gasteiger partial charge in [-0.3, -0.25) is 4.79 Å². The van der Waals surface area contributed by atoms with Gasteiger partial charge < -0.3 is 10.2 Å². The Kier molecular flexibility index (Phi) is 8.61. The van der Waals surface area contributed by atoms with Gasteiger partial charge in [0.2, 0.25) is 0 Å². The number of anilines is 2. The number of benzene rings is 1. The maximum atomic E-state index is 13.0. The standard InChI is InChI=1S/C27H39N3OS/c1-2-3-5-11-21-12-10-13-22(17-16-21)27-29-24(20-32-27)26(31)28-23-14-6-7-15-25(23)30-18-8-4-9-19-30/h6-7,14-15,20-22H,2-5,8-13,16-19H2,1H3,(H,28,31). The van der Waals surface area contributed by atoms with Crippen LogP contribution >= 0.6 is 11.3 Å². The van der Waals surface area contributed by atoms with Crippen molar-refractivity contribution in [1.29, 1.82) is 0 Å². The summed E-state index contributed by atoms with van der Waals surface area (Å²) in [6, 6.07) is 8.19. The Balaban J connectivity index is 1.36. The van der Waals surface area contributed by atoms with Gasteiger partial charge in [-0.1, -0.05) is 57.6 Å². The molecule has 0 bridgehead atoms. The van der Waals surface area contributed by atoms with Crippen LogP contribution in [-0.2, 0) is 0 Å². The highest BCUT2D eigenvalue weighted by atomic mass is 32.1. The van der Waals surface area contributed by atoms with E-state index in [4.69, 9.17) is 4.98 Å². The SMILES string of the molecule is CCCCCC1CCCC(c2nc(C(=O)Nc3ccccc3N3CCCCC3)cs2)CC1. The summed E-state index contributed by atoms with van der Waals surface area (Å²) in [5.74, 6) is 1.34. The first-order valence-electron chi connectivity index (χ1n) is 12.9. The third-order valence-corrected chi connectivity index (χ3v) is 8.26. The van der Waals surface area contributed by atoms with E-state index in [1.165, 1.54) is 77.0 Å². The zero-order valence-corrected chi connectivity index (χ0v) is 20.5. The number of carbonyl (C=O) groups excluding carboxylic acids is 1. The largest absolute Gasteiger partial charge is 0.370 e. The highest BCUT2D eigenvalue weighted by Crippen LogP contribution is 2.37. The van der Waals surface area contributed by atoms with Gasteiger partial charge in [0.05, 0.1) is 16.4 Å². The van der Waals surface area contributed by atoms with Gasteiger partial charge in [0.25, 0.3) is 5.91 Å². The summed E-state index contributed by atoms with van der Waals surface area (Å²) in [7, 11) is 0. The Morgan fingerprint density at radius 1 is 1.06 bits per heavy atom. The first kappa shape index (κ1) is 23.3. The molecule has 2 heterocycles. The highest BCUT2D eigenvalue weighted by molar-refractivity contribution is 7.10. The molecule has 1 amide bonds. The van der Waals surface area contributed by atoms with Crippen LogP contribution in [0.1, 0.15) is 105 Å². The number of para-hydroxylation sites is 2. The number of aromatic nitrogens is 1. The molecule has 0 radical (unpaired) electrons. The lowest BCUT2D eigenvalue weighted by Gasteiger charge is -2.30. The highest BCUT2D eigenvalue weighted by Gasteiger charge is 2.24. The molecule has 1 aliphatic carbocycles. The predicted octanol–water partition coefficient (Wildman–Crippen LogP) is 7.63. The van der Waals surface area contributed by atoms with Crippen molar-refractivity contribution >= 4 is 28.6 Å². The number of nitrogens with one attached hydrogen (secondary N) is 1. The maximum Gasteiger partial charge on any atom is 0.275 e. The smallest absolute Gasteiger partial charge is 0.275 e. The lowest BCUT2D eigenvalue weighted by Crippen LogP contribution is -2.30. The van der Waals surface area contributed by atoms with Crippen LogP contribution in [-0.4, -0.2) is 24.0 Å². The summed E-state index contributed by atoms with van der Waals surface area (Å²) in [5.41, 5.74) is 2.61. The molecule has 1 aliphatic heterocycles. The van der Waals surface area contributed by atoms with Crippen LogP contribution in [0.15, 0.2) is 29.6 Å². The zero-order chi connectivity index (χ0) is 22.2. The monoisotopic (exact) mass is 453 g/mol. The molecular formula is C27H39N3OS. The van der Waals surface area contributed by atoms with E-state index >= 15 is 0 Å². The lowest BCUT2D eigenvalue weighted by molar-refractivity contribution is 0.102. The van der Waals surface area contributed by atoms with Crippen LogP contribution in [0.5, 0.6) is 0 Å². The molecule has 32 heavy (non-hydrogen) atoms. The van der Waals surface area contributed by atoms with Crippen LogP contribution < -0.4 is 10.2 Å². The maximum absolute atomic E-state index is 13.0. The summed E-state index contributed by atoms with van der Waals surface area (Å²) < 4.78 is 0. The minimum Gasteiger partial charge on any atom is -0.370 e. The summed E-state index contributed by atoms with van der Waals surface area (Å²) in [4.78, 5) is 20.2. The molecule has 2 atom stereocenters. The summed E-state index contributed by atoms with van der Waals surface area (Å²) >= 11 is 1.68. The second-order valence-electron chi connectivity index (χ2n) is 9.66. The molecule has 1 saturated carbocycles. The number of thiazole rings is 1. The predicted molar refractivity (Wildman–Crippen MR) is 136 cm³/mol. The molecule has 1 aromatic carbocycles. The second-order valence-corrected chi connectivity index (χ2v) is 10.5. The van der Waals surface area contributed by atoms with Gasteiger partial charge in [-0.2, -0.15) is 0 Å². The Morgan fingerprint density at radius 2 is 1.91 bits per heavy atom. The third kappa shape index (κ3) is 6.12. The van der Waals surface area contributed by atoms with Gasteiger partial charge in [-0.25, -0.2) is 4.98 Å². The summed E-state index contributed by atoms with van der Waals surface area (Å²) in [6.45, 7) is 4.41. The fourth-order valence-electron chi connectivity index (χ4n) is 5.35. The average molecular weight is 454 g/mol. The number of hydrogen-bond acceptors (Lipinski definition) is 4. The average Bonchev–Trinajstić information content (AvgIpc) is 3.21. The van der Waals surface area contributed by atoms with Crippen molar-refractivity contribution in [3.63, 3.8) is 0 Å². The molecule has 2 fully saturated rings. The number of rotatable bonds is 8. The van der Waals surface area contributed by atoms with Gasteiger partial charge >= 0.3 is 0 Å². The van der Waals surface area contributed by atoms with Crippen molar-refractivity contribution in [3.8, 4) is 0 Å². The Labute approximate surface area is 197 Å². The fourth-order valence-corrected chi connectivity index (χ4v) is 6.32. The normalized spacial score (nSPS) is 21.8. The number of nitrogens with zero attached hydrogens (tertiary/aromatic N) is 2. The molecule has 1 saturated heterocycles. The van der Waals surface area contributed by atoms with E-state index in [2.05, 4.69) is 29.3 Å². The van der Waals surface area contributed by atoms with E-state index in [1.54, 1.807) is 11.3 Å². The number of carbonyl (C=O) groups is 1. The van der Waals surface area contributed by atoms with Gasteiger partial charge in [-0.05, 0) is 56.6 Å². The number of hydrogen-bond donors (Lipinski definition) is 1. The molecular weight excluding hydrogens is 414 g/mol. The molecule has 2 unspecified atom stereocenters. The Morgan fingerprint density at radius 3 is 2.75 bits per heavy atom. The van der Waals surface area contributed by atoms with Crippen molar-refractivity contribution in [3.05, 3.63) is 40.3 Å². The quantitative estimate of drug-likeness (QED) is 0.330. The topological polar surface area (TPSA) is 45.2 Å². The molecule has 174 valence electrons. The summed E-state index contributed by atoms with van der Waals surface area (Å²) in [5, 5.41) is 6.27. The van der Waals surface area contributed by atoms with Gasteiger partial charge in [0.1, 0.15) is 5.69 Å². The minimum atomic E-state index is -0.0805. The Bertz CT molecular complexity index is 858. The van der Waals surface area contributed by atoms with Crippen molar-refractivity contribution in [2.45, 2.75) is 89.9 Å². The molecule has 2 aliphatic rings. The van der Waals surface area contributed by atoms with Gasteiger partial charge in [0, 0.05) is 24.4 Å². The number of piperidine rings is 1. The van der Waals surface area contributed by atoms with Crippen molar-refractivity contribution < 1.29 is 4.79 Å². The van der Waals surface area contributed by atoms with Crippen LogP contribution in [0.25, 0.3) is 0 Å². The van der Waals surface area contributed by atoms with Gasteiger partial charge in [-0.15, -0.1) is 11.3 Å². The van der Waals surface area contributed by atoms with E-state index in [1.807, 2.05) is 17.5 Å². The van der Waals surface area contributed by atoms with Crippen molar-refractivity contribution in [2.24, 2.45) is 5.92 Å². The fraction of sp³-hybridized carbons (Fsp3) is 0.630. The molecule has 2 aromatic rings. The van der Waals surface area contributed by atoms with E-state index in [0.29, 0.717) is 11.6 Å². The molecule has 4 rings (SSSR count). The van der Waals surface area contributed by atoms with Crippen LogP contribution in [0.4, 0.5) is 11.4 Å². The molecule has 0 spiro atoms. The van der Waals surface area contributed by atoms with Crippen molar-refractivity contribution in [2.75, 3.05) is 23.3 Å². The number of unbranched alkanes of at least 4 members (excludes halogenated alkanes) is 2. The first-order chi connectivity index (χ1) is 15.7. The number of amides is 1. The van der Waals surface area contributed by atoms with Crippen LogP contribution in [0.2, 0.25) is 0 Å². The van der Waals surface area contributed by atoms with E-state index in [-0.39, 0.29) is 5.91 Å². The van der Waals surface area contributed by atoms with Gasteiger partial charge in [0.15, 0.2) is 0 Å². The third-order valence-electron chi connectivity index (χ3n) is 7.26. The Hall–Kier alpha value is -1.88. The molecule has 5 heteroatoms. The van der Waals surface area contributed by atoms with Crippen LogP contribution in [0, 0.1) is 5.92 Å². The van der Waals surface area contributed by atoms with Crippen LogP contribution in [0.3, 0.4) is 0 Å². The molecule has 1 N–H and O–H groups in total. The van der Waals surface area contributed by atoms with Crippen molar-refractivity contribution in [1.82, 2.24) is 4.98 Å². The van der Waals surface area contributed by atoms with E-state index in [9.17, 15) is 4.79 Å². The zero-order valence-electron chi connectivity index (χ0n) is 19.7. The second kappa shape index (κ2) is 11.8. The molecule has 4 nitrogen and oxygen atoms in total.